The number of benzene rings is 1. The van der Waals surface area contributed by atoms with Gasteiger partial charge in [0.1, 0.15) is 5.75 Å². The molecule has 1 aromatic carbocycles. The van der Waals surface area contributed by atoms with Crippen LogP contribution in [0.25, 0.3) is 0 Å². The van der Waals surface area contributed by atoms with Crippen molar-refractivity contribution in [3.05, 3.63) is 26.6 Å². The second-order valence-corrected chi connectivity index (χ2v) is 6.94. The summed E-state index contributed by atoms with van der Waals surface area (Å²) in [6.45, 7) is 10.1. The lowest BCUT2D eigenvalue weighted by Crippen LogP contribution is -2.34. The number of rotatable bonds is 9. The van der Waals surface area contributed by atoms with Crippen LogP contribution in [0, 0.1) is 0 Å². The lowest BCUT2D eigenvalue weighted by molar-refractivity contribution is 0.251. The molecule has 0 bridgehead atoms. The summed E-state index contributed by atoms with van der Waals surface area (Å²) >= 11 is 7.14. The Balaban J connectivity index is 2.46. The van der Waals surface area contributed by atoms with Crippen molar-refractivity contribution in [2.45, 2.75) is 39.8 Å². The van der Waals surface area contributed by atoms with E-state index < -0.39 is 0 Å². The first-order valence-electron chi connectivity index (χ1n) is 7.51. The molecule has 1 unspecified atom stereocenters. The topological polar surface area (TPSA) is 24.5 Å². The molecular formula is C16H26Br2N2O. The minimum absolute atomic E-state index is 0.639. The number of nitrogens with one attached hydrogen (secondary N) is 1. The van der Waals surface area contributed by atoms with E-state index in [-0.39, 0.29) is 0 Å². The van der Waals surface area contributed by atoms with Gasteiger partial charge in [-0.1, -0.05) is 6.92 Å². The zero-order valence-corrected chi connectivity index (χ0v) is 16.6. The van der Waals surface area contributed by atoms with Gasteiger partial charge in [0.15, 0.2) is 0 Å². The van der Waals surface area contributed by atoms with E-state index in [9.17, 15) is 0 Å². The molecule has 0 fully saturated rings. The number of nitrogens with zero attached hydrogens (tertiary/aromatic N) is 1. The van der Waals surface area contributed by atoms with Gasteiger partial charge in [0.05, 0.1) is 15.6 Å². The van der Waals surface area contributed by atoms with Crippen LogP contribution in [0.4, 0.5) is 0 Å². The minimum Gasteiger partial charge on any atom is -0.492 e. The normalized spacial score (nSPS) is 12.7. The Hall–Kier alpha value is -0.100. The van der Waals surface area contributed by atoms with Crippen LogP contribution >= 0.6 is 31.9 Å². The van der Waals surface area contributed by atoms with Crippen molar-refractivity contribution < 1.29 is 4.74 Å². The van der Waals surface area contributed by atoms with Gasteiger partial charge >= 0.3 is 0 Å². The molecule has 0 aliphatic rings. The van der Waals surface area contributed by atoms with E-state index in [1.165, 1.54) is 12.0 Å². The van der Waals surface area contributed by atoms with Crippen LogP contribution in [0.2, 0.25) is 0 Å². The molecule has 1 N–H and O–H groups in total. The predicted molar refractivity (Wildman–Crippen MR) is 97.1 cm³/mol. The minimum atomic E-state index is 0.639. The maximum Gasteiger partial charge on any atom is 0.147 e. The van der Waals surface area contributed by atoms with Crippen LogP contribution in [0.1, 0.15) is 32.8 Å². The van der Waals surface area contributed by atoms with E-state index in [0.29, 0.717) is 12.6 Å². The molecule has 0 aromatic heterocycles. The lowest BCUT2D eigenvalue weighted by Gasteiger charge is -2.23. The van der Waals surface area contributed by atoms with Gasteiger partial charge in [-0.05, 0) is 76.9 Å². The summed E-state index contributed by atoms with van der Waals surface area (Å²) in [5, 5.41) is 3.49. The van der Waals surface area contributed by atoms with Crippen molar-refractivity contribution in [3.63, 3.8) is 0 Å². The third-order valence-electron chi connectivity index (χ3n) is 3.66. The van der Waals surface area contributed by atoms with E-state index >= 15 is 0 Å². The number of halogens is 2. The molecule has 0 radical (unpaired) electrons. The molecule has 3 nitrogen and oxygen atoms in total. The molecule has 1 atom stereocenters. The molecule has 5 heteroatoms. The van der Waals surface area contributed by atoms with Crippen molar-refractivity contribution in [1.82, 2.24) is 10.2 Å². The van der Waals surface area contributed by atoms with Gasteiger partial charge in [-0.2, -0.15) is 0 Å². The summed E-state index contributed by atoms with van der Waals surface area (Å²) in [7, 11) is 2.18. The molecule has 1 rings (SSSR count). The first-order valence-corrected chi connectivity index (χ1v) is 9.09. The highest BCUT2D eigenvalue weighted by Gasteiger charge is 2.09. The van der Waals surface area contributed by atoms with E-state index in [4.69, 9.17) is 4.74 Å². The molecule has 0 saturated heterocycles. The predicted octanol–water partition coefficient (Wildman–Crippen LogP) is 4.43. The van der Waals surface area contributed by atoms with E-state index in [1.54, 1.807) is 0 Å². The molecule has 120 valence electrons. The van der Waals surface area contributed by atoms with Gasteiger partial charge in [0.25, 0.3) is 0 Å². The van der Waals surface area contributed by atoms with Crippen LogP contribution in [0.5, 0.6) is 5.75 Å². The summed E-state index contributed by atoms with van der Waals surface area (Å²) < 4.78 is 7.58. The highest BCUT2D eigenvalue weighted by Crippen LogP contribution is 2.34. The van der Waals surface area contributed by atoms with Crippen LogP contribution in [-0.4, -0.2) is 37.7 Å². The van der Waals surface area contributed by atoms with E-state index in [2.05, 4.69) is 75.1 Å². The van der Waals surface area contributed by atoms with Gasteiger partial charge in [-0.3, -0.25) is 0 Å². The summed E-state index contributed by atoms with van der Waals surface area (Å²) in [5.41, 5.74) is 1.24. The first kappa shape index (κ1) is 18.9. The average molecular weight is 422 g/mol. The number of hydrogen-bond acceptors (Lipinski definition) is 3. The third kappa shape index (κ3) is 6.27. The molecule has 0 amide bonds. The number of ether oxygens (including phenoxy) is 1. The molecule has 0 aliphatic heterocycles. The van der Waals surface area contributed by atoms with Crippen LogP contribution < -0.4 is 10.1 Å². The Morgan fingerprint density at radius 2 is 1.86 bits per heavy atom. The highest BCUT2D eigenvalue weighted by atomic mass is 79.9. The quantitative estimate of drug-likeness (QED) is 0.596. The zero-order valence-electron chi connectivity index (χ0n) is 13.4. The Labute approximate surface area is 145 Å². The second-order valence-electron chi connectivity index (χ2n) is 5.24. The Bertz CT molecular complexity index is 417. The Morgan fingerprint density at radius 1 is 1.24 bits per heavy atom. The van der Waals surface area contributed by atoms with Crippen molar-refractivity contribution in [2.75, 3.05) is 26.7 Å². The summed E-state index contributed by atoms with van der Waals surface area (Å²) in [6.07, 6.45) is 1.19. The maximum absolute atomic E-state index is 5.60. The monoisotopic (exact) mass is 420 g/mol. The Morgan fingerprint density at radius 3 is 2.38 bits per heavy atom. The zero-order chi connectivity index (χ0) is 15.8. The molecule has 0 aliphatic carbocycles. The maximum atomic E-state index is 5.60. The molecule has 0 saturated carbocycles. The van der Waals surface area contributed by atoms with Crippen molar-refractivity contribution in [1.29, 1.82) is 0 Å². The summed E-state index contributed by atoms with van der Waals surface area (Å²) in [6, 6.07) is 4.86. The van der Waals surface area contributed by atoms with Gasteiger partial charge in [-0.25, -0.2) is 0 Å². The van der Waals surface area contributed by atoms with Gasteiger partial charge in [0, 0.05) is 25.7 Å². The average Bonchev–Trinajstić information content (AvgIpc) is 2.46. The van der Waals surface area contributed by atoms with Crippen LogP contribution in [0.15, 0.2) is 21.1 Å². The van der Waals surface area contributed by atoms with E-state index in [1.807, 2.05) is 6.92 Å². The molecule has 1 aromatic rings. The molecule has 0 heterocycles. The number of hydrogen-bond donors (Lipinski definition) is 1. The van der Waals surface area contributed by atoms with Crippen molar-refractivity contribution in [3.8, 4) is 5.75 Å². The third-order valence-corrected chi connectivity index (χ3v) is 4.84. The second kappa shape index (κ2) is 9.82. The molecule has 21 heavy (non-hydrogen) atoms. The molecular weight excluding hydrogens is 396 g/mol. The number of likely N-dealkylation sites (N-methyl/N-ethyl adjacent to an activating group) is 1. The van der Waals surface area contributed by atoms with Gasteiger partial charge < -0.3 is 15.0 Å². The largest absolute Gasteiger partial charge is 0.492 e. The highest BCUT2D eigenvalue weighted by molar-refractivity contribution is 9.11. The standard InChI is InChI=1S/C16H26Br2N2O/c1-5-12(3)20(4)8-7-19-11-13-9-14(17)16(21-6-2)15(18)10-13/h9-10,12,19H,5-8,11H2,1-4H3. The fourth-order valence-corrected chi connectivity index (χ4v) is 3.53. The van der Waals surface area contributed by atoms with Crippen molar-refractivity contribution >= 4 is 31.9 Å². The smallest absolute Gasteiger partial charge is 0.147 e. The SMILES string of the molecule is CCOc1c(Br)cc(CNCCN(C)C(C)CC)cc1Br. The van der Waals surface area contributed by atoms with Gasteiger partial charge in [-0.15, -0.1) is 0 Å². The van der Waals surface area contributed by atoms with E-state index in [0.717, 1.165) is 34.3 Å². The summed E-state index contributed by atoms with van der Waals surface area (Å²) in [4.78, 5) is 2.39. The van der Waals surface area contributed by atoms with Gasteiger partial charge in [0.2, 0.25) is 0 Å². The van der Waals surface area contributed by atoms with Crippen LogP contribution in [0.3, 0.4) is 0 Å². The van der Waals surface area contributed by atoms with Crippen LogP contribution in [-0.2, 0) is 6.54 Å². The fourth-order valence-electron chi connectivity index (χ4n) is 2.02. The van der Waals surface area contributed by atoms with Crippen molar-refractivity contribution in [2.24, 2.45) is 0 Å². The lowest BCUT2D eigenvalue weighted by atomic mass is 10.2. The Kier molecular flexibility index (Phi) is 8.86. The molecule has 0 spiro atoms. The summed E-state index contributed by atoms with van der Waals surface area (Å²) in [5.74, 6) is 0.873. The first-order chi connectivity index (χ1) is 9.99. The fraction of sp³-hybridized carbons (Fsp3) is 0.625.